The Morgan fingerprint density at radius 2 is 2.04 bits per heavy atom. The molecule has 132 valence electrons. The molecule has 0 atom stereocenters. The first-order chi connectivity index (χ1) is 12.4. The lowest BCUT2D eigenvalue weighted by Crippen LogP contribution is -2.16. The van der Waals surface area contributed by atoms with Gasteiger partial charge in [0.25, 0.3) is 5.56 Å². The number of hydrogen-bond donors (Lipinski definition) is 0. The second-order valence-corrected chi connectivity index (χ2v) is 6.38. The molecule has 0 aliphatic heterocycles. The molecular formula is C20H17ClN2O3. The number of nitrogens with zero attached hydrogens (tertiary/aromatic N) is 2. The number of benzene rings is 1. The monoisotopic (exact) mass is 368 g/mol. The number of ether oxygens (including phenoxy) is 1. The molecule has 26 heavy (non-hydrogen) atoms. The Labute approximate surface area is 155 Å². The zero-order valence-corrected chi connectivity index (χ0v) is 15.2. The van der Waals surface area contributed by atoms with Crippen LogP contribution in [0.1, 0.15) is 22.4 Å². The van der Waals surface area contributed by atoms with E-state index < -0.39 is 5.97 Å². The van der Waals surface area contributed by atoms with E-state index in [2.05, 4.69) is 4.98 Å². The van der Waals surface area contributed by atoms with Crippen LogP contribution >= 0.6 is 11.6 Å². The molecule has 0 amide bonds. The number of halogens is 1. The van der Waals surface area contributed by atoms with Gasteiger partial charge in [0.05, 0.1) is 5.69 Å². The van der Waals surface area contributed by atoms with Gasteiger partial charge in [-0.05, 0) is 48.7 Å². The standard InChI is InChI=1S/C20H17ClN2O3/c1-13-3-7-18-22-16(10-19(24)23(18)11-13)12-26-20(25)8-6-15-5-4-14(2)17(21)9-15/h3-11H,12H2,1-2H3/b8-6+. The van der Waals surface area contributed by atoms with Gasteiger partial charge in [0.15, 0.2) is 0 Å². The maximum atomic E-state index is 12.1. The quantitative estimate of drug-likeness (QED) is 0.520. The molecule has 0 fully saturated rings. The lowest BCUT2D eigenvalue weighted by molar-refractivity contribution is -0.139. The summed E-state index contributed by atoms with van der Waals surface area (Å²) in [5.74, 6) is -0.521. The molecule has 0 saturated heterocycles. The van der Waals surface area contributed by atoms with Crippen molar-refractivity contribution < 1.29 is 9.53 Å². The van der Waals surface area contributed by atoms with Crippen LogP contribution in [0.5, 0.6) is 0 Å². The van der Waals surface area contributed by atoms with Crippen molar-refractivity contribution in [2.24, 2.45) is 0 Å². The molecule has 0 aliphatic rings. The molecule has 6 heteroatoms. The Bertz CT molecular complexity index is 1070. The van der Waals surface area contributed by atoms with Crippen molar-refractivity contribution >= 4 is 29.3 Å². The lowest BCUT2D eigenvalue weighted by Gasteiger charge is -2.05. The zero-order valence-electron chi connectivity index (χ0n) is 14.4. The van der Waals surface area contributed by atoms with Crippen LogP contribution in [0, 0.1) is 13.8 Å². The van der Waals surface area contributed by atoms with Gasteiger partial charge in [0.2, 0.25) is 0 Å². The molecule has 0 radical (unpaired) electrons. The van der Waals surface area contributed by atoms with Crippen LogP contribution in [-0.4, -0.2) is 15.4 Å². The fraction of sp³-hybridized carbons (Fsp3) is 0.150. The first kappa shape index (κ1) is 17.9. The van der Waals surface area contributed by atoms with E-state index in [4.69, 9.17) is 16.3 Å². The van der Waals surface area contributed by atoms with Crippen LogP contribution in [0.25, 0.3) is 11.7 Å². The molecule has 0 aliphatic carbocycles. The van der Waals surface area contributed by atoms with Gasteiger partial charge < -0.3 is 4.74 Å². The normalized spacial score (nSPS) is 11.2. The number of rotatable bonds is 4. The number of aryl methyl sites for hydroxylation is 2. The average Bonchev–Trinajstić information content (AvgIpc) is 2.61. The maximum absolute atomic E-state index is 12.1. The minimum absolute atomic E-state index is 0.0720. The van der Waals surface area contributed by atoms with Crippen molar-refractivity contribution in [1.29, 1.82) is 0 Å². The molecule has 2 heterocycles. The largest absolute Gasteiger partial charge is 0.456 e. The fourth-order valence-corrected chi connectivity index (χ4v) is 2.59. The smallest absolute Gasteiger partial charge is 0.331 e. The van der Waals surface area contributed by atoms with Crippen molar-refractivity contribution in [2.45, 2.75) is 20.5 Å². The van der Waals surface area contributed by atoms with E-state index in [-0.39, 0.29) is 12.2 Å². The number of fused-ring (bicyclic) bond motifs is 1. The van der Waals surface area contributed by atoms with Gasteiger partial charge in [-0.3, -0.25) is 9.20 Å². The van der Waals surface area contributed by atoms with Crippen molar-refractivity contribution in [2.75, 3.05) is 0 Å². The summed E-state index contributed by atoms with van der Waals surface area (Å²) >= 11 is 6.05. The number of carbonyl (C=O) groups excluding carboxylic acids is 1. The summed E-state index contributed by atoms with van der Waals surface area (Å²) in [4.78, 5) is 28.3. The second kappa shape index (κ2) is 7.54. The van der Waals surface area contributed by atoms with Crippen molar-refractivity contribution in [1.82, 2.24) is 9.38 Å². The van der Waals surface area contributed by atoms with E-state index in [1.54, 1.807) is 24.4 Å². The van der Waals surface area contributed by atoms with Crippen molar-refractivity contribution in [3.05, 3.63) is 86.4 Å². The van der Waals surface area contributed by atoms with E-state index in [1.165, 1.54) is 16.5 Å². The van der Waals surface area contributed by atoms with Crippen LogP contribution < -0.4 is 5.56 Å². The van der Waals surface area contributed by atoms with Gasteiger partial charge in [0.1, 0.15) is 12.3 Å². The van der Waals surface area contributed by atoms with Crippen LogP contribution in [0.15, 0.2) is 53.5 Å². The maximum Gasteiger partial charge on any atom is 0.331 e. The molecule has 3 aromatic rings. The average molecular weight is 369 g/mol. The number of aromatic nitrogens is 2. The van der Waals surface area contributed by atoms with Gasteiger partial charge in [-0.25, -0.2) is 9.78 Å². The summed E-state index contributed by atoms with van der Waals surface area (Å²) in [5, 5.41) is 0.636. The van der Waals surface area contributed by atoms with Crippen molar-refractivity contribution in [3.8, 4) is 0 Å². The first-order valence-corrected chi connectivity index (χ1v) is 8.40. The second-order valence-electron chi connectivity index (χ2n) is 5.97. The summed E-state index contributed by atoms with van der Waals surface area (Å²) in [6, 6.07) is 10.5. The number of carbonyl (C=O) groups is 1. The molecular weight excluding hydrogens is 352 g/mol. The first-order valence-electron chi connectivity index (χ1n) is 8.02. The number of hydrogen-bond acceptors (Lipinski definition) is 4. The fourth-order valence-electron chi connectivity index (χ4n) is 2.40. The summed E-state index contributed by atoms with van der Waals surface area (Å²) in [7, 11) is 0. The van der Waals surface area contributed by atoms with Gasteiger partial charge in [-0.1, -0.05) is 29.8 Å². The molecule has 0 saturated carbocycles. The predicted octanol–water partition coefficient (Wildman–Crippen LogP) is 3.72. The van der Waals surface area contributed by atoms with Gasteiger partial charge in [-0.2, -0.15) is 0 Å². The van der Waals surface area contributed by atoms with E-state index in [0.29, 0.717) is 16.4 Å². The summed E-state index contributed by atoms with van der Waals surface area (Å²) in [6.45, 7) is 3.73. The Morgan fingerprint density at radius 1 is 1.23 bits per heavy atom. The van der Waals surface area contributed by atoms with Crippen LogP contribution in [0.4, 0.5) is 0 Å². The Balaban J connectivity index is 1.68. The number of esters is 1. The highest BCUT2D eigenvalue weighted by atomic mass is 35.5. The molecule has 2 aromatic heterocycles. The topological polar surface area (TPSA) is 60.7 Å². The third-order valence-corrected chi connectivity index (χ3v) is 4.24. The van der Waals surface area contributed by atoms with E-state index in [1.807, 2.05) is 32.0 Å². The summed E-state index contributed by atoms with van der Waals surface area (Å²) in [5.41, 5.74) is 3.43. The molecule has 0 bridgehead atoms. The third-order valence-electron chi connectivity index (χ3n) is 3.83. The van der Waals surface area contributed by atoms with Gasteiger partial charge in [0, 0.05) is 23.4 Å². The molecule has 1 aromatic carbocycles. The van der Waals surface area contributed by atoms with E-state index in [9.17, 15) is 9.59 Å². The third kappa shape index (κ3) is 4.18. The van der Waals surface area contributed by atoms with Crippen LogP contribution in [0.2, 0.25) is 5.02 Å². The van der Waals surface area contributed by atoms with Crippen LogP contribution in [0.3, 0.4) is 0 Å². The Morgan fingerprint density at radius 3 is 2.81 bits per heavy atom. The molecule has 3 rings (SSSR count). The van der Waals surface area contributed by atoms with E-state index in [0.717, 1.165) is 16.7 Å². The highest BCUT2D eigenvalue weighted by Gasteiger charge is 2.05. The highest BCUT2D eigenvalue weighted by molar-refractivity contribution is 6.31. The molecule has 0 spiro atoms. The lowest BCUT2D eigenvalue weighted by atomic mass is 10.1. The zero-order chi connectivity index (χ0) is 18.7. The minimum atomic E-state index is -0.521. The van der Waals surface area contributed by atoms with E-state index >= 15 is 0 Å². The Hall–Kier alpha value is -2.92. The predicted molar refractivity (Wildman–Crippen MR) is 101 cm³/mol. The number of pyridine rings is 1. The molecule has 0 N–H and O–H groups in total. The summed E-state index contributed by atoms with van der Waals surface area (Å²) in [6.07, 6.45) is 4.66. The minimum Gasteiger partial charge on any atom is -0.456 e. The van der Waals surface area contributed by atoms with Gasteiger partial charge in [-0.15, -0.1) is 0 Å². The van der Waals surface area contributed by atoms with Crippen molar-refractivity contribution in [3.63, 3.8) is 0 Å². The van der Waals surface area contributed by atoms with Gasteiger partial charge >= 0.3 is 5.97 Å². The molecule has 0 unspecified atom stereocenters. The van der Waals surface area contributed by atoms with Crippen LogP contribution in [-0.2, 0) is 16.1 Å². The SMILES string of the molecule is Cc1ccc2nc(COC(=O)/C=C/c3ccc(C)c(Cl)c3)cc(=O)n2c1. The highest BCUT2D eigenvalue weighted by Crippen LogP contribution is 2.17. The molecule has 5 nitrogen and oxygen atoms in total. The Kier molecular flexibility index (Phi) is 5.19. The summed E-state index contributed by atoms with van der Waals surface area (Å²) < 4.78 is 6.62.